The van der Waals surface area contributed by atoms with Crippen LogP contribution in [0, 0.1) is 19.8 Å². The van der Waals surface area contributed by atoms with Crippen molar-refractivity contribution in [2.45, 2.75) is 71.9 Å². The summed E-state index contributed by atoms with van der Waals surface area (Å²) >= 11 is 0. The van der Waals surface area contributed by atoms with Crippen LogP contribution in [0.4, 0.5) is 4.79 Å². The summed E-state index contributed by atoms with van der Waals surface area (Å²) in [6, 6.07) is 8.11. The van der Waals surface area contributed by atoms with Gasteiger partial charge in [-0.1, -0.05) is 35.4 Å². The van der Waals surface area contributed by atoms with Gasteiger partial charge in [0, 0.05) is 26.1 Å². The Morgan fingerprint density at radius 1 is 1.13 bits per heavy atom. The van der Waals surface area contributed by atoms with Gasteiger partial charge in [-0.15, -0.1) is 0 Å². The fourth-order valence-corrected chi connectivity index (χ4v) is 3.63. The normalized spacial score (nSPS) is 20.9. The van der Waals surface area contributed by atoms with Crippen LogP contribution in [0.1, 0.15) is 57.6 Å². The highest BCUT2D eigenvalue weighted by molar-refractivity contribution is 5.90. The molecule has 2 atom stereocenters. The third-order valence-electron chi connectivity index (χ3n) is 5.28. The number of nitrogens with zero attached hydrogens (tertiary/aromatic N) is 1. The smallest absolute Gasteiger partial charge is 0.407 e. The van der Waals surface area contributed by atoms with Crippen molar-refractivity contribution >= 4 is 17.9 Å². The molecule has 2 aliphatic heterocycles. The molecule has 0 radical (unpaired) electrons. The van der Waals surface area contributed by atoms with Gasteiger partial charge in [-0.3, -0.25) is 9.59 Å². The van der Waals surface area contributed by atoms with Crippen LogP contribution in [0.15, 0.2) is 24.3 Å². The first-order chi connectivity index (χ1) is 14.5. The molecule has 0 spiro atoms. The molecule has 31 heavy (non-hydrogen) atoms. The lowest BCUT2D eigenvalue weighted by molar-refractivity contribution is -0.136. The first-order valence-electron chi connectivity index (χ1n) is 11.1. The predicted molar refractivity (Wildman–Crippen MR) is 121 cm³/mol. The molecular weight excluding hydrogens is 394 g/mol. The van der Waals surface area contributed by atoms with Crippen LogP contribution in [0.25, 0.3) is 0 Å². The maximum Gasteiger partial charge on any atom is 0.407 e. The fourth-order valence-electron chi connectivity index (χ4n) is 3.63. The van der Waals surface area contributed by atoms with Crippen LogP contribution in [0.3, 0.4) is 0 Å². The maximum absolute atomic E-state index is 12.4. The summed E-state index contributed by atoms with van der Waals surface area (Å²) in [5.74, 6) is 0.165. The van der Waals surface area contributed by atoms with Crippen molar-refractivity contribution in [1.82, 2.24) is 15.5 Å². The van der Waals surface area contributed by atoms with Crippen LogP contribution >= 0.6 is 0 Å². The number of hydrogen-bond donors (Lipinski definition) is 2. The number of nitrogens with one attached hydrogen (secondary N) is 2. The van der Waals surface area contributed by atoms with Gasteiger partial charge in [-0.25, -0.2) is 4.79 Å². The largest absolute Gasteiger partial charge is 0.444 e. The van der Waals surface area contributed by atoms with Gasteiger partial charge in [0.15, 0.2) is 0 Å². The van der Waals surface area contributed by atoms with Crippen LogP contribution < -0.4 is 10.6 Å². The molecule has 2 fully saturated rings. The van der Waals surface area contributed by atoms with E-state index in [2.05, 4.69) is 48.7 Å². The van der Waals surface area contributed by atoms with Gasteiger partial charge in [-0.05, 0) is 59.8 Å². The first kappa shape index (κ1) is 24.7. The van der Waals surface area contributed by atoms with Gasteiger partial charge >= 0.3 is 6.09 Å². The molecule has 3 rings (SSSR count). The van der Waals surface area contributed by atoms with Gasteiger partial charge in [0.25, 0.3) is 0 Å². The molecule has 0 aromatic heterocycles. The summed E-state index contributed by atoms with van der Waals surface area (Å²) in [4.78, 5) is 37.2. The lowest BCUT2D eigenvalue weighted by Crippen LogP contribution is -2.50. The van der Waals surface area contributed by atoms with E-state index in [4.69, 9.17) is 4.74 Å². The third kappa shape index (κ3) is 8.99. The number of ether oxygens (including phenoxy) is 1. The van der Waals surface area contributed by atoms with Crippen molar-refractivity contribution in [1.29, 1.82) is 0 Å². The second kappa shape index (κ2) is 11.2. The SMILES string of the molecule is CC(C)(C)OC(=O)NCC1CCCN(C(=O)C2CCC(=O)N2)C1.Cc1ccc(C)cc1. The molecule has 0 saturated carbocycles. The minimum Gasteiger partial charge on any atom is -0.444 e. The fraction of sp³-hybridized carbons (Fsp3) is 0.625. The van der Waals surface area contributed by atoms with E-state index in [1.54, 1.807) is 4.90 Å². The summed E-state index contributed by atoms with van der Waals surface area (Å²) in [6.45, 7) is 11.5. The Morgan fingerprint density at radius 3 is 2.26 bits per heavy atom. The molecule has 1 aromatic carbocycles. The van der Waals surface area contributed by atoms with E-state index < -0.39 is 11.7 Å². The van der Waals surface area contributed by atoms with Crippen molar-refractivity contribution in [3.05, 3.63) is 35.4 Å². The van der Waals surface area contributed by atoms with Crippen molar-refractivity contribution in [2.24, 2.45) is 5.92 Å². The zero-order chi connectivity index (χ0) is 23.0. The number of amides is 3. The second-order valence-corrected chi connectivity index (χ2v) is 9.49. The Balaban J connectivity index is 0.000000357. The Hall–Kier alpha value is -2.57. The number of alkyl carbamates (subject to hydrolysis) is 1. The number of piperidine rings is 1. The quantitative estimate of drug-likeness (QED) is 0.768. The number of hydrogen-bond acceptors (Lipinski definition) is 4. The van der Waals surface area contributed by atoms with E-state index in [-0.39, 0.29) is 23.8 Å². The number of likely N-dealkylation sites (tertiary alicyclic amines) is 1. The van der Waals surface area contributed by atoms with E-state index in [1.165, 1.54) is 11.1 Å². The Labute approximate surface area is 185 Å². The zero-order valence-electron chi connectivity index (χ0n) is 19.5. The number of carbonyl (C=O) groups excluding carboxylic acids is 3. The molecule has 2 unspecified atom stereocenters. The number of aryl methyl sites for hydroxylation is 2. The molecule has 2 heterocycles. The molecule has 3 amide bonds. The van der Waals surface area contributed by atoms with Gasteiger partial charge < -0.3 is 20.3 Å². The average molecular weight is 432 g/mol. The molecule has 0 aliphatic carbocycles. The highest BCUT2D eigenvalue weighted by Gasteiger charge is 2.33. The van der Waals surface area contributed by atoms with Crippen LogP contribution in [0.5, 0.6) is 0 Å². The first-order valence-corrected chi connectivity index (χ1v) is 11.1. The third-order valence-corrected chi connectivity index (χ3v) is 5.28. The standard InChI is InChI=1S/C16H27N3O4.C8H10/c1-16(2,3)23-15(22)17-9-11-5-4-8-19(10-11)14(21)12-6-7-13(20)18-12;1-7-3-5-8(2)6-4-7/h11-12H,4-10H2,1-3H3,(H,17,22)(H,18,20);3-6H,1-2H3. The van der Waals surface area contributed by atoms with E-state index >= 15 is 0 Å². The Kier molecular flexibility index (Phi) is 8.89. The topological polar surface area (TPSA) is 87.7 Å². The number of rotatable bonds is 3. The Bertz CT molecular complexity index is 734. The Morgan fingerprint density at radius 2 is 1.74 bits per heavy atom. The minimum absolute atomic E-state index is 0.00202. The van der Waals surface area contributed by atoms with E-state index in [0.29, 0.717) is 32.5 Å². The van der Waals surface area contributed by atoms with E-state index in [1.807, 2.05) is 20.8 Å². The second-order valence-electron chi connectivity index (χ2n) is 9.49. The minimum atomic E-state index is -0.515. The van der Waals surface area contributed by atoms with E-state index in [0.717, 1.165) is 12.8 Å². The van der Waals surface area contributed by atoms with Crippen LogP contribution in [-0.4, -0.2) is 54.1 Å². The monoisotopic (exact) mass is 431 g/mol. The summed E-state index contributed by atoms with van der Waals surface area (Å²) in [7, 11) is 0. The van der Waals surface area contributed by atoms with Crippen LogP contribution in [-0.2, 0) is 14.3 Å². The van der Waals surface area contributed by atoms with E-state index in [9.17, 15) is 14.4 Å². The van der Waals surface area contributed by atoms with Crippen molar-refractivity contribution in [3.63, 3.8) is 0 Å². The lowest BCUT2D eigenvalue weighted by atomic mass is 9.97. The maximum atomic E-state index is 12.4. The number of benzene rings is 1. The molecule has 2 saturated heterocycles. The van der Waals surface area contributed by atoms with Gasteiger partial charge in [0.1, 0.15) is 11.6 Å². The number of carbonyl (C=O) groups is 3. The molecule has 7 nitrogen and oxygen atoms in total. The highest BCUT2D eigenvalue weighted by Crippen LogP contribution is 2.19. The molecule has 1 aromatic rings. The highest BCUT2D eigenvalue weighted by atomic mass is 16.6. The summed E-state index contributed by atoms with van der Waals surface area (Å²) in [6.07, 6.45) is 2.45. The summed E-state index contributed by atoms with van der Waals surface area (Å²) in [5, 5.41) is 5.50. The average Bonchev–Trinajstić information content (AvgIpc) is 3.14. The molecular formula is C24H37N3O4. The van der Waals surface area contributed by atoms with Crippen LogP contribution in [0.2, 0.25) is 0 Å². The van der Waals surface area contributed by atoms with Gasteiger partial charge in [-0.2, -0.15) is 0 Å². The van der Waals surface area contributed by atoms with Crippen molar-refractivity contribution in [2.75, 3.05) is 19.6 Å². The zero-order valence-corrected chi connectivity index (χ0v) is 19.5. The van der Waals surface area contributed by atoms with Crippen molar-refractivity contribution in [3.8, 4) is 0 Å². The van der Waals surface area contributed by atoms with Crippen molar-refractivity contribution < 1.29 is 19.1 Å². The molecule has 2 aliphatic rings. The molecule has 0 bridgehead atoms. The lowest BCUT2D eigenvalue weighted by Gasteiger charge is -2.34. The summed E-state index contributed by atoms with van der Waals surface area (Å²) in [5.41, 5.74) is 2.14. The van der Waals surface area contributed by atoms with Gasteiger partial charge in [0.2, 0.25) is 11.8 Å². The summed E-state index contributed by atoms with van der Waals surface area (Å²) < 4.78 is 5.22. The predicted octanol–water partition coefficient (Wildman–Crippen LogP) is 3.33. The molecule has 172 valence electrons. The molecule has 7 heteroatoms. The van der Waals surface area contributed by atoms with Gasteiger partial charge in [0.05, 0.1) is 0 Å². The molecule has 2 N–H and O–H groups in total.